The van der Waals surface area contributed by atoms with Crippen molar-refractivity contribution in [3.05, 3.63) is 108 Å². The first kappa shape index (κ1) is 23.7. The number of carbonyl (C=O) groups is 2. The number of Topliss-reactive ketones (excluding diaryl/α,β-unsaturated/α-hetero) is 1. The largest absolute Gasteiger partial charge is 0.477 e. The van der Waals surface area contributed by atoms with Crippen molar-refractivity contribution in [1.82, 2.24) is 0 Å². The van der Waals surface area contributed by atoms with Gasteiger partial charge in [-0.15, -0.1) is 6.58 Å². The number of hydrogen-bond acceptors (Lipinski definition) is 3. The lowest BCUT2D eigenvalue weighted by molar-refractivity contribution is -0.129. The molecule has 0 spiro atoms. The van der Waals surface area contributed by atoms with Crippen LogP contribution in [0.4, 0.5) is 8.78 Å². The molecule has 1 aliphatic rings. The van der Waals surface area contributed by atoms with Gasteiger partial charge in [0.25, 0.3) is 0 Å². The Bertz CT molecular complexity index is 1170. The number of carboxylic acid groups (broad SMARTS) is 1. The van der Waals surface area contributed by atoms with Crippen LogP contribution in [-0.2, 0) is 8.22 Å². The van der Waals surface area contributed by atoms with Crippen molar-refractivity contribution in [2.45, 2.75) is 22.3 Å². The second kappa shape index (κ2) is 9.28. The highest BCUT2D eigenvalue weighted by Gasteiger charge is 2.41. The van der Waals surface area contributed by atoms with E-state index in [1.165, 1.54) is 12.1 Å². The van der Waals surface area contributed by atoms with E-state index in [0.29, 0.717) is 5.56 Å². The van der Waals surface area contributed by atoms with Crippen LogP contribution in [0.3, 0.4) is 0 Å². The Morgan fingerprint density at radius 1 is 1.16 bits per heavy atom. The summed E-state index contributed by atoms with van der Waals surface area (Å²) in [5, 5.41) is 9.54. The van der Waals surface area contributed by atoms with Crippen LogP contribution in [0.1, 0.15) is 29.3 Å². The number of rotatable bonds is 7. The van der Waals surface area contributed by atoms with Crippen LogP contribution >= 0.6 is 22.6 Å². The zero-order valence-corrected chi connectivity index (χ0v) is 19.3. The topological polar surface area (TPSA) is 66.7 Å². The molecular formula is C25H20F2INO3. The minimum atomic E-state index is -1.31. The first-order chi connectivity index (χ1) is 15.1. The Morgan fingerprint density at radius 2 is 1.84 bits per heavy atom. The lowest BCUT2D eigenvalue weighted by atomic mass is 9.78. The fourth-order valence-corrected chi connectivity index (χ4v) is 4.41. The molecule has 0 aromatic heterocycles. The fourth-order valence-electron chi connectivity index (χ4n) is 3.48. The molecular weight excluding hydrogens is 527 g/mol. The first-order valence-electron chi connectivity index (χ1n) is 9.70. The molecule has 0 aliphatic heterocycles. The summed E-state index contributed by atoms with van der Waals surface area (Å²) in [7, 11) is 0. The van der Waals surface area contributed by atoms with Crippen LogP contribution in [-0.4, -0.2) is 28.1 Å². The second-order valence-electron chi connectivity index (χ2n) is 7.48. The average molecular weight is 547 g/mol. The highest BCUT2D eigenvalue weighted by Crippen LogP contribution is 2.45. The van der Waals surface area contributed by atoms with Crippen LogP contribution in [0, 0.1) is 11.6 Å². The van der Waals surface area contributed by atoms with Crippen LogP contribution in [0.5, 0.6) is 0 Å². The van der Waals surface area contributed by atoms with E-state index in [9.17, 15) is 23.5 Å². The molecule has 0 saturated carbocycles. The van der Waals surface area contributed by atoms with Gasteiger partial charge in [-0.2, -0.15) is 0 Å². The van der Waals surface area contributed by atoms with Crippen molar-refractivity contribution in [1.29, 1.82) is 0 Å². The van der Waals surface area contributed by atoms with Gasteiger partial charge in [0.2, 0.25) is 0 Å². The number of aliphatic imine (C=N–C) groups is 1. The summed E-state index contributed by atoms with van der Waals surface area (Å²) in [6.45, 7) is 5.19. The normalized spacial score (nSPS) is 22.9. The number of carboxylic acids is 1. The molecule has 4 nitrogen and oxygen atoms in total. The molecule has 2 aromatic carbocycles. The molecule has 0 bridgehead atoms. The summed E-state index contributed by atoms with van der Waals surface area (Å²) < 4.78 is 27.0. The quantitative estimate of drug-likeness (QED) is 0.156. The summed E-state index contributed by atoms with van der Waals surface area (Å²) in [6, 6.07) is 11.7. The summed E-state index contributed by atoms with van der Waals surface area (Å²) in [6.07, 6.45) is 6.22. The molecule has 0 amide bonds. The van der Waals surface area contributed by atoms with Crippen LogP contribution in [0.25, 0.3) is 0 Å². The third-order valence-electron chi connectivity index (χ3n) is 5.13. The predicted octanol–water partition coefficient (Wildman–Crippen LogP) is 5.83. The minimum Gasteiger partial charge on any atom is -0.477 e. The number of halogens is 3. The first-order valence-corrected chi connectivity index (χ1v) is 10.8. The third-order valence-corrected chi connectivity index (χ3v) is 6.38. The summed E-state index contributed by atoms with van der Waals surface area (Å²) in [5.74, 6) is -3.05. The molecule has 32 heavy (non-hydrogen) atoms. The lowest BCUT2D eigenvalue weighted by Crippen LogP contribution is -2.36. The Balaban J connectivity index is 2.22. The number of nitrogens with zero attached hydrogens (tertiary/aromatic N) is 1. The third kappa shape index (κ3) is 4.77. The monoisotopic (exact) mass is 547 g/mol. The standard InChI is InChI=1S/C25H20F2INO3/c1-3-7-21(23(31)32)29-24(2)12-13-25(28,18-11-10-17(26)14-20(18)27)15-19(24)22(30)16-8-5-4-6-9-16/h3-6,8-15H,1,7H2,2H3,(H,31,32). The van der Waals surface area contributed by atoms with Gasteiger partial charge in [0.05, 0.1) is 3.42 Å². The molecule has 1 aliphatic carbocycles. The number of benzene rings is 2. The van der Waals surface area contributed by atoms with E-state index < -0.39 is 26.6 Å². The SMILES string of the molecule is C=CCC(=NC1(C)C=CC(I)(c2ccc(F)cc2F)C=C1C(=O)c1ccccc1)C(=O)O. The second-order valence-corrected chi connectivity index (χ2v) is 9.27. The number of alkyl halides is 1. The molecule has 7 heteroatoms. The van der Waals surface area contributed by atoms with Gasteiger partial charge in [0.1, 0.15) is 22.9 Å². The maximum Gasteiger partial charge on any atom is 0.350 e. The van der Waals surface area contributed by atoms with E-state index in [0.717, 1.165) is 12.1 Å². The number of aliphatic carboxylic acids is 1. The van der Waals surface area contributed by atoms with Crippen molar-refractivity contribution >= 4 is 40.1 Å². The zero-order chi connectivity index (χ0) is 23.5. The smallest absolute Gasteiger partial charge is 0.350 e. The minimum absolute atomic E-state index is 0.00748. The molecule has 1 N–H and O–H groups in total. The van der Waals surface area contributed by atoms with Gasteiger partial charge in [0.15, 0.2) is 5.78 Å². The average Bonchev–Trinajstić information content (AvgIpc) is 2.75. The molecule has 2 unspecified atom stereocenters. The van der Waals surface area contributed by atoms with Crippen molar-refractivity contribution < 1.29 is 23.5 Å². The van der Waals surface area contributed by atoms with Crippen LogP contribution < -0.4 is 0 Å². The van der Waals surface area contributed by atoms with Crippen molar-refractivity contribution in [2.75, 3.05) is 0 Å². The van der Waals surface area contributed by atoms with Crippen molar-refractivity contribution in [3.8, 4) is 0 Å². The molecule has 3 rings (SSSR count). The maximum absolute atomic E-state index is 14.6. The highest BCUT2D eigenvalue weighted by molar-refractivity contribution is 14.1. The van der Waals surface area contributed by atoms with Crippen molar-refractivity contribution in [2.24, 2.45) is 4.99 Å². The van der Waals surface area contributed by atoms with E-state index in [4.69, 9.17) is 0 Å². The number of hydrogen-bond donors (Lipinski definition) is 1. The summed E-state index contributed by atoms with van der Waals surface area (Å²) >= 11 is 1.98. The number of carbonyl (C=O) groups excluding carboxylic acids is 1. The Kier molecular flexibility index (Phi) is 6.88. The van der Waals surface area contributed by atoms with Crippen LogP contribution in [0.2, 0.25) is 0 Å². The Morgan fingerprint density at radius 3 is 2.44 bits per heavy atom. The molecule has 2 atom stereocenters. The lowest BCUT2D eigenvalue weighted by Gasteiger charge is -2.34. The van der Waals surface area contributed by atoms with Gasteiger partial charge < -0.3 is 5.11 Å². The van der Waals surface area contributed by atoms with Gasteiger partial charge in [-0.1, -0.05) is 83.3 Å². The van der Waals surface area contributed by atoms with E-state index in [2.05, 4.69) is 11.6 Å². The molecule has 164 valence electrons. The van der Waals surface area contributed by atoms with E-state index in [1.807, 2.05) is 22.6 Å². The summed E-state index contributed by atoms with van der Waals surface area (Å²) in [4.78, 5) is 29.6. The molecule has 0 saturated heterocycles. The van der Waals surface area contributed by atoms with E-state index >= 15 is 0 Å². The number of allylic oxidation sites excluding steroid dienone is 3. The van der Waals surface area contributed by atoms with E-state index in [-0.39, 0.29) is 29.1 Å². The highest BCUT2D eigenvalue weighted by atomic mass is 127. The van der Waals surface area contributed by atoms with Gasteiger partial charge in [0, 0.05) is 29.2 Å². The van der Waals surface area contributed by atoms with Gasteiger partial charge in [-0.05, 0) is 13.0 Å². The molecule has 0 radical (unpaired) electrons. The van der Waals surface area contributed by atoms with Crippen molar-refractivity contribution in [3.63, 3.8) is 0 Å². The summed E-state index contributed by atoms with van der Waals surface area (Å²) in [5.41, 5.74) is -0.728. The fraction of sp³-hybridized carbons (Fsp3) is 0.160. The Labute approximate surface area is 198 Å². The Hall–Kier alpha value is -2.94. The maximum atomic E-state index is 14.6. The van der Waals surface area contributed by atoms with Gasteiger partial charge in [-0.3, -0.25) is 9.79 Å². The van der Waals surface area contributed by atoms with E-state index in [1.54, 1.807) is 55.5 Å². The zero-order valence-electron chi connectivity index (χ0n) is 17.2. The number of ketones is 1. The van der Waals surface area contributed by atoms with Gasteiger partial charge in [-0.25, -0.2) is 13.6 Å². The molecule has 0 heterocycles. The van der Waals surface area contributed by atoms with Crippen LogP contribution in [0.15, 0.2) is 90.0 Å². The molecule has 0 fully saturated rings. The molecule has 2 aromatic rings. The van der Waals surface area contributed by atoms with Gasteiger partial charge >= 0.3 is 5.97 Å². The predicted molar refractivity (Wildman–Crippen MR) is 128 cm³/mol.